The van der Waals surface area contributed by atoms with Crippen LogP contribution in [0.3, 0.4) is 0 Å². The normalized spacial score (nSPS) is 11.9. The zero-order valence-corrected chi connectivity index (χ0v) is 25.5. The Morgan fingerprint density at radius 2 is 1.71 bits per heavy atom. The Bertz CT molecular complexity index is 1430. The van der Waals surface area contributed by atoms with Crippen molar-refractivity contribution in [1.29, 1.82) is 0 Å². The smallest absolute Gasteiger partial charge is 0.243 e. The topological polar surface area (TPSA) is 96.0 Å². The van der Waals surface area contributed by atoms with Crippen molar-refractivity contribution in [3.05, 3.63) is 94.5 Å². The first kappa shape index (κ1) is 32.0. The molecule has 0 unspecified atom stereocenters. The van der Waals surface area contributed by atoms with E-state index in [1.54, 1.807) is 30.2 Å². The molecule has 1 atom stereocenters. The van der Waals surface area contributed by atoms with Crippen molar-refractivity contribution in [2.24, 2.45) is 0 Å². The van der Waals surface area contributed by atoms with Gasteiger partial charge in [0.25, 0.3) is 0 Å². The first-order valence-corrected chi connectivity index (χ1v) is 15.7. The van der Waals surface area contributed by atoms with Gasteiger partial charge in [0, 0.05) is 37.5 Å². The molecule has 3 rings (SSSR count). The standard InChI is InChI=1S/C31H38ClN3O5S/c1-5-33-31(37)29(20-24-11-7-6-8-12-24)34(22-25-13-9-14-27(19-25)40-3)30(36)15-10-18-35(41(4,38)39)28-21-26(32)17-16-23(28)2/h6-9,11-14,16-17,19,21,29H,5,10,15,18,20,22H2,1-4H3,(H,33,37)/t29-/m0/s1. The molecule has 1 N–H and O–H groups in total. The lowest BCUT2D eigenvalue weighted by molar-refractivity contribution is -0.141. The van der Waals surface area contributed by atoms with Gasteiger partial charge in [0.05, 0.1) is 19.1 Å². The third-order valence-electron chi connectivity index (χ3n) is 6.70. The molecule has 0 aliphatic heterocycles. The predicted octanol–water partition coefficient (Wildman–Crippen LogP) is 4.98. The minimum atomic E-state index is -3.64. The largest absolute Gasteiger partial charge is 0.497 e. The first-order valence-electron chi connectivity index (χ1n) is 13.5. The number of rotatable bonds is 14. The van der Waals surface area contributed by atoms with Crippen LogP contribution in [0.25, 0.3) is 0 Å². The van der Waals surface area contributed by atoms with Crippen LogP contribution in [-0.2, 0) is 32.6 Å². The molecule has 0 aliphatic rings. The molecule has 3 aromatic rings. The number of nitrogens with one attached hydrogen (secondary N) is 1. The lowest BCUT2D eigenvalue weighted by Gasteiger charge is -2.32. The lowest BCUT2D eigenvalue weighted by atomic mass is 10.0. The van der Waals surface area contributed by atoms with Gasteiger partial charge in [-0.2, -0.15) is 0 Å². The number of carbonyl (C=O) groups excluding carboxylic acids is 2. The number of halogens is 1. The minimum absolute atomic E-state index is 0.0420. The summed E-state index contributed by atoms with van der Waals surface area (Å²) in [6, 6.07) is 21.2. The third-order valence-corrected chi connectivity index (χ3v) is 8.12. The molecule has 2 amide bonds. The zero-order valence-electron chi connectivity index (χ0n) is 24.0. The molecular formula is C31H38ClN3O5S. The minimum Gasteiger partial charge on any atom is -0.497 e. The molecule has 41 heavy (non-hydrogen) atoms. The third kappa shape index (κ3) is 9.23. The fraction of sp³-hybridized carbons (Fsp3) is 0.355. The van der Waals surface area contributed by atoms with E-state index in [-0.39, 0.29) is 37.7 Å². The Morgan fingerprint density at radius 3 is 2.37 bits per heavy atom. The van der Waals surface area contributed by atoms with E-state index >= 15 is 0 Å². The van der Waals surface area contributed by atoms with Crippen molar-refractivity contribution in [3.63, 3.8) is 0 Å². The number of benzene rings is 3. The Labute approximate surface area is 248 Å². The summed E-state index contributed by atoms with van der Waals surface area (Å²) in [4.78, 5) is 28.8. The van der Waals surface area contributed by atoms with Crippen LogP contribution in [0.4, 0.5) is 5.69 Å². The van der Waals surface area contributed by atoms with Crippen molar-refractivity contribution >= 4 is 39.1 Å². The molecule has 0 saturated carbocycles. The lowest BCUT2D eigenvalue weighted by Crippen LogP contribution is -2.50. The van der Waals surface area contributed by atoms with Crippen LogP contribution in [0.1, 0.15) is 36.5 Å². The molecular weight excluding hydrogens is 562 g/mol. The monoisotopic (exact) mass is 599 g/mol. The van der Waals surface area contributed by atoms with Crippen LogP contribution in [0.5, 0.6) is 5.75 Å². The van der Waals surface area contributed by atoms with Crippen LogP contribution in [0.15, 0.2) is 72.8 Å². The molecule has 3 aromatic carbocycles. The molecule has 10 heteroatoms. The summed E-state index contributed by atoms with van der Waals surface area (Å²) in [6.07, 6.45) is 1.76. The average molecular weight is 600 g/mol. The molecule has 0 radical (unpaired) electrons. The Kier molecular flexibility index (Phi) is 11.6. The molecule has 0 bridgehead atoms. The van der Waals surface area contributed by atoms with E-state index in [9.17, 15) is 18.0 Å². The van der Waals surface area contributed by atoms with Gasteiger partial charge < -0.3 is 15.0 Å². The Balaban J connectivity index is 1.90. The maximum atomic E-state index is 13.9. The van der Waals surface area contributed by atoms with Gasteiger partial charge in [-0.25, -0.2) is 8.42 Å². The number of likely N-dealkylation sites (N-methyl/N-ethyl adjacent to an activating group) is 1. The van der Waals surface area contributed by atoms with E-state index in [2.05, 4.69) is 5.32 Å². The van der Waals surface area contributed by atoms with Gasteiger partial charge >= 0.3 is 0 Å². The Morgan fingerprint density at radius 1 is 1.00 bits per heavy atom. The Hall–Kier alpha value is -3.56. The van der Waals surface area contributed by atoms with E-state index < -0.39 is 16.1 Å². The van der Waals surface area contributed by atoms with E-state index in [1.165, 1.54) is 4.31 Å². The molecule has 0 fully saturated rings. The number of amides is 2. The second-order valence-corrected chi connectivity index (χ2v) is 12.2. The molecule has 8 nitrogen and oxygen atoms in total. The number of aryl methyl sites for hydroxylation is 1. The van der Waals surface area contributed by atoms with Gasteiger partial charge in [-0.1, -0.05) is 60.1 Å². The number of carbonyl (C=O) groups is 2. The molecule has 0 aliphatic carbocycles. The van der Waals surface area contributed by atoms with Crippen molar-refractivity contribution in [1.82, 2.24) is 10.2 Å². The molecule has 0 heterocycles. The van der Waals surface area contributed by atoms with E-state index in [1.807, 2.05) is 68.4 Å². The fourth-order valence-electron chi connectivity index (χ4n) is 4.65. The summed E-state index contributed by atoms with van der Waals surface area (Å²) in [5, 5.41) is 3.30. The van der Waals surface area contributed by atoms with Crippen molar-refractivity contribution in [3.8, 4) is 5.75 Å². The summed E-state index contributed by atoms with van der Waals surface area (Å²) in [5.74, 6) is 0.143. The highest BCUT2D eigenvalue weighted by molar-refractivity contribution is 7.92. The average Bonchev–Trinajstić information content (AvgIpc) is 2.94. The summed E-state index contributed by atoms with van der Waals surface area (Å²) >= 11 is 6.16. The van der Waals surface area contributed by atoms with Gasteiger partial charge in [0.1, 0.15) is 11.8 Å². The summed E-state index contributed by atoms with van der Waals surface area (Å²) < 4.78 is 32.0. The van der Waals surface area contributed by atoms with Crippen molar-refractivity contribution in [2.75, 3.05) is 30.8 Å². The fourth-order valence-corrected chi connectivity index (χ4v) is 5.83. The molecule has 220 valence electrons. The zero-order chi connectivity index (χ0) is 30.0. The molecule has 0 aromatic heterocycles. The van der Waals surface area contributed by atoms with Crippen LogP contribution >= 0.6 is 11.6 Å². The summed E-state index contributed by atoms with van der Waals surface area (Å²) in [6.45, 7) is 4.35. The molecule has 0 spiro atoms. The van der Waals surface area contributed by atoms with Crippen LogP contribution < -0.4 is 14.4 Å². The number of hydrogen-bond donors (Lipinski definition) is 1. The van der Waals surface area contributed by atoms with E-state index in [4.69, 9.17) is 16.3 Å². The number of hydrogen-bond acceptors (Lipinski definition) is 5. The van der Waals surface area contributed by atoms with Crippen LogP contribution in [-0.4, -0.2) is 57.6 Å². The second kappa shape index (κ2) is 14.9. The maximum Gasteiger partial charge on any atom is 0.243 e. The number of anilines is 1. The van der Waals surface area contributed by atoms with E-state index in [0.717, 1.165) is 22.9 Å². The van der Waals surface area contributed by atoms with Gasteiger partial charge in [0.2, 0.25) is 21.8 Å². The quantitative estimate of drug-likeness (QED) is 0.282. The van der Waals surface area contributed by atoms with E-state index in [0.29, 0.717) is 29.4 Å². The molecule has 0 saturated heterocycles. The number of sulfonamides is 1. The summed E-state index contributed by atoms with van der Waals surface area (Å²) in [5.41, 5.74) is 2.97. The van der Waals surface area contributed by atoms with Gasteiger partial charge in [-0.15, -0.1) is 0 Å². The highest BCUT2D eigenvalue weighted by atomic mass is 35.5. The first-order chi connectivity index (χ1) is 19.5. The highest BCUT2D eigenvalue weighted by Gasteiger charge is 2.30. The van der Waals surface area contributed by atoms with Crippen LogP contribution in [0, 0.1) is 6.92 Å². The maximum absolute atomic E-state index is 13.9. The highest BCUT2D eigenvalue weighted by Crippen LogP contribution is 2.27. The predicted molar refractivity (Wildman–Crippen MR) is 164 cm³/mol. The second-order valence-electron chi connectivity index (χ2n) is 9.84. The number of nitrogens with zero attached hydrogens (tertiary/aromatic N) is 2. The SMILES string of the molecule is CCNC(=O)[C@H](Cc1ccccc1)N(Cc1cccc(OC)c1)C(=O)CCCN(c1cc(Cl)ccc1C)S(C)(=O)=O. The number of methoxy groups -OCH3 is 1. The summed E-state index contributed by atoms with van der Waals surface area (Å²) in [7, 11) is -2.06. The van der Waals surface area contributed by atoms with Crippen molar-refractivity contribution in [2.45, 2.75) is 45.7 Å². The van der Waals surface area contributed by atoms with Gasteiger partial charge in [-0.05, 0) is 61.2 Å². The number of ether oxygens (including phenoxy) is 1. The van der Waals surface area contributed by atoms with Gasteiger partial charge in [0.15, 0.2) is 0 Å². The van der Waals surface area contributed by atoms with Crippen LogP contribution in [0.2, 0.25) is 5.02 Å². The van der Waals surface area contributed by atoms with Gasteiger partial charge in [-0.3, -0.25) is 13.9 Å². The van der Waals surface area contributed by atoms with Crippen molar-refractivity contribution < 1.29 is 22.7 Å².